The second kappa shape index (κ2) is 13.2. The van der Waals surface area contributed by atoms with Gasteiger partial charge in [0.1, 0.15) is 29.2 Å². The number of esters is 1. The second-order valence-electron chi connectivity index (χ2n) is 11.0. The van der Waals surface area contributed by atoms with Crippen LogP contribution in [0.5, 0.6) is 11.5 Å². The van der Waals surface area contributed by atoms with E-state index < -0.39 is 57.8 Å². The van der Waals surface area contributed by atoms with Crippen molar-refractivity contribution in [2.45, 2.75) is 69.0 Å². The van der Waals surface area contributed by atoms with Crippen LogP contribution in [0.15, 0.2) is 53.4 Å². The van der Waals surface area contributed by atoms with Crippen LogP contribution in [0, 0.1) is 0 Å². The largest absolute Gasteiger partial charge is 0.573 e. The summed E-state index contributed by atoms with van der Waals surface area (Å²) < 4.78 is 79.6. The van der Waals surface area contributed by atoms with Gasteiger partial charge in [-0.3, -0.25) is 4.79 Å². The Bertz CT molecular complexity index is 1410. The summed E-state index contributed by atoms with van der Waals surface area (Å²) in [6, 6.07) is 7.59. The average molecular weight is 630 g/mol. The topological polar surface area (TPSA) is 132 Å². The minimum absolute atomic E-state index is 0.00847. The third-order valence-electron chi connectivity index (χ3n) is 6.11. The molecule has 0 spiro atoms. The molecule has 1 heterocycles. The molecule has 1 saturated heterocycles. The Labute approximate surface area is 247 Å². The van der Waals surface area contributed by atoms with E-state index in [0.717, 1.165) is 28.6 Å². The molecule has 1 aliphatic heterocycles. The molecule has 1 fully saturated rings. The Balaban J connectivity index is 1.79. The van der Waals surface area contributed by atoms with E-state index in [1.165, 1.54) is 31.1 Å². The summed E-state index contributed by atoms with van der Waals surface area (Å²) >= 11 is 0. The molecule has 0 aromatic heterocycles. The summed E-state index contributed by atoms with van der Waals surface area (Å²) in [7, 11) is -1.22. The van der Waals surface area contributed by atoms with Crippen LogP contribution in [0.1, 0.15) is 39.2 Å². The number of ether oxygens (including phenoxy) is 3. The number of rotatable bonds is 9. The Hall–Kier alpha value is -3.85. The summed E-state index contributed by atoms with van der Waals surface area (Å²) in [6.07, 6.45) is -5.02. The van der Waals surface area contributed by atoms with Crippen LogP contribution in [0.2, 0.25) is 0 Å². The highest BCUT2D eigenvalue weighted by Crippen LogP contribution is 2.29. The van der Waals surface area contributed by atoms with Crippen LogP contribution in [0.25, 0.3) is 0 Å². The molecule has 1 aliphatic rings. The lowest BCUT2D eigenvalue weighted by Crippen LogP contribution is -2.52. The molecule has 1 N–H and O–H groups in total. The molecule has 15 heteroatoms. The molecule has 0 bridgehead atoms. The highest BCUT2D eigenvalue weighted by Gasteiger charge is 2.41. The van der Waals surface area contributed by atoms with Crippen molar-refractivity contribution in [3.05, 3.63) is 54.1 Å². The van der Waals surface area contributed by atoms with Crippen LogP contribution in [0.4, 0.5) is 18.0 Å². The zero-order chi connectivity index (χ0) is 32.2. The number of hydrogen-bond donors (Lipinski definition) is 1. The molecule has 0 radical (unpaired) electrons. The second-order valence-corrected chi connectivity index (χ2v) is 12.9. The minimum Gasteiger partial charge on any atom is -0.458 e. The molecule has 11 nitrogen and oxygen atoms in total. The number of carbonyl (C=O) groups excluding carboxylic acids is 3. The molecule has 2 atom stereocenters. The molecule has 0 saturated carbocycles. The van der Waals surface area contributed by atoms with Crippen molar-refractivity contribution in [1.29, 1.82) is 0 Å². The number of carbonyl (C=O) groups is 3. The monoisotopic (exact) mass is 629 g/mol. The van der Waals surface area contributed by atoms with E-state index in [-0.39, 0.29) is 30.0 Å². The summed E-state index contributed by atoms with van der Waals surface area (Å²) in [6.45, 7) is 4.97. The van der Waals surface area contributed by atoms with E-state index >= 15 is 0 Å². The molecule has 2 aromatic carbocycles. The highest BCUT2D eigenvalue weighted by molar-refractivity contribution is 7.89. The Morgan fingerprint density at radius 1 is 1.00 bits per heavy atom. The van der Waals surface area contributed by atoms with Gasteiger partial charge in [0.05, 0.1) is 4.90 Å². The molecule has 0 aliphatic carbocycles. The van der Waals surface area contributed by atoms with E-state index in [1.807, 2.05) is 0 Å². The van der Waals surface area contributed by atoms with Gasteiger partial charge in [-0.2, -0.15) is 4.31 Å². The zero-order valence-electron chi connectivity index (χ0n) is 24.3. The number of hydrogen-bond acceptors (Lipinski definition) is 8. The van der Waals surface area contributed by atoms with Crippen molar-refractivity contribution in [2.75, 3.05) is 20.6 Å². The molecule has 2 amide bonds. The first-order valence-corrected chi connectivity index (χ1v) is 14.7. The Kier molecular flexibility index (Phi) is 10.3. The average Bonchev–Trinajstić information content (AvgIpc) is 3.39. The van der Waals surface area contributed by atoms with Gasteiger partial charge >= 0.3 is 18.4 Å². The van der Waals surface area contributed by atoms with Gasteiger partial charge < -0.3 is 24.4 Å². The summed E-state index contributed by atoms with van der Waals surface area (Å²) in [5, 5.41) is 2.62. The van der Waals surface area contributed by atoms with E-state index in [9.17, 15) is 36.0 Å². The number of sulfonamides is 1. The number of amides is 2. The lowest BCUT2D eigenvalue weighted by atomic mass is 10.0. The fraction of sp³-hybridized carbons (Fsp3) is 0.464. The predicted molar refractivity (Wildman–Crippen MR) is 148 cm³/mol. The maximum absolute atomic E-state index is 13.4. The van der Waals surface area contributed by atoms with Crippen molar-refractivity contribution >= 4 is 28.0 Å². The van der Waals surface area contributed by atoms with Crippen molar-refractivity contribution in [3.63, 3.8) is 0 Å². The minimum atomic E-state index is -4.94. The zero-order valence-corrected chi connectivity index (χ0v) is 25.1. The Morgan fingerprint density at radius 3 is 2.12 bits per heavy atom. The van der Waals surface area contributed by atoms with Crippen LogP contribution in [-0.2, 0) is 30.8 Å². The first-order chi connectivity index (χ1) is 19.9. The van der Waals surface area contributed by atoms with Crippen LogP contribution in [-0.4, -0.2) is 80.3 Å². The maximum atomic E-state index is 13.4. The van der Waals surface area contributed by atoms with Gasteiger partial charge in [-0.15, -0.1) is 13.2 Å². The summed E-state index contributed by atoms with van der Waals surface area (Å²) in [5.74, 6) is -1.79. The lowest BCUT2D eigenvalue weighted by molar-refractivity contribution is -0.274. The number of nitrogens with one attached hydrogen (secondary N) is 1. The molecule has 236 valence electrons. The standard InChI is InChI=1S/C28H34F3N3O8S/c1-27(2,3)42-25(36)22(17-18-8-10-19(11-9-18)40-26(37)33(4)5)32-24(35)23-7-6-16-34(23)43(38,39)21-14-12-20(13-15-21)41-28(29,30)31/h8-15,22-23H,6-7,16-17H2,1-5H3,(H,32,35)/t22-,23-/m0/s1. The molecular weight excluding hydrogens is 595 g/mol. The third-order valence-corrected chi connectivity index (χ3v) is 8.03. The molecule has 0 unspecified atom stereocenters. The maximum Gasteiger partial charge on any atom is 0.573 e. The number of halogens is 3. The fourth-order valence-electron chi connectivity index (χ4n) is 4.19. The molecular formula is C28H34F3N3O8S. The van der Waals surface area contributed by atoms with Gasteiger partial charge in [0.25, 0.3) is 0 Å². The van der Waals surface area contributed by atoms with Gasteiger partial charge in [0, 0.05) is 27.1 Å². The van der Waals surface area contributed by atoms with E-state index in [2.05, 4.69) is 10.1 Å². The van der Waals surface area contributed by atoms with Crippen molar-refractivity contribution in [2.24, 2.45) is 0 Å². The molecule has 3 rings (SSSR count). The van der Waals surface area contributed by atoms with Crippen LogP contribution < -0.4 is 14.8 Å². The first-order valence-electron chi connectivity index (χ1n) is 13.2. The normalized spacial score (nSPS) is 16.7. The predicted octanol–water partition coefficient (Wildman–Crippen LogP) is 3.87. The molecule has 43 heavy (non-hydrogen) atoms. The number of nitrogens with zero attached hydrogens (tertiary/aromatic N) is 2. The quantitative estimate of drug-likeness (QED) is 0.414. The van der Waals surface area contributed by atoms with E-state index in [0.29, 0.717) is 12.0 Å². The van der Waals surface area contributed by atoms with Crippen molar-refractivity contribution in [3.8, 4) is 11.5 Å². The van der Waals surface area contributed by atoms with Gasteiger partial charge in [-0.25, -0.2) is 18.0 Å². The van der Waals surface area contributed by atoms with Crippen LogP contribution >= 0.6 is 0 Å². The van der Waals surface area contributed by atoms with E-state index in [4.69, 9.17) is 9.47 Å². The SMILES string of the molecule is CN(C)C(=O)Oc1ccc(C[C@H](NC(=O)[C@@H]2CCCN2S(=O)(=O)c2ccc(OC(F)(F)F)cc2)C(=O)OC(C)(C)C)cc1. The van der Waals surface area contributed by atoms with Crippen LogP contribution in [0.3, 0.4) is 0 Å². The smallest absolute Gasteiger partial charge is 0.458 e. The Morgan fingerprint density at radius 2 is 1.58 bits per heavy atom. The first kappa shape index (κ1) is 33.6. The summed E-state index contributed by atoms with van der Waals surface area (Å²) in [4.78, 5) is 39.3. The number of benzene rings is 2. The highest BCUT2D eigenvalue weighted by atomic mass is 32.2. The lowest BCUT2D eigenvalue weighted by Gasteiger charge is -2.28. The fourth-order valence-corrected chi connectivity index (χ4v) is 5.85. The van der Waals surface area contributed by atoms with Gasteiger partial charge in [0.15, 0.2) is 0 Å². The van der Waals surface area contributed by atoms with Gasteiger partial charge in [0.2, 0.25) is 15.9 Å². The summed E-state index contributed by atoms with van der Waals surface area (Å²) in [5.41, 5.74) is -0.285. The molecule has 2 aromatic rings. The van der Waals surface area contributed by atoms with Gasteiger partial charge in [-0.05, 0) is 75.6 Å². The van der Waals surface area contributed by atoms with Crippen molar-refractivity contribution < 1.29 is 50.2 Å². The van der Waals surface area contributed by atoms with Gasteiger partial charge in [-0.1, -0.05) is 12.1 Å². The van der Waals surface area contributed by atoms with E-state index in [1.54, 1.807) is 32.9 Å². The number of alkyl halides is 3. The third kappa shape index (κ3) is 9.58. The van der Waals surface area contributed by atoms with Crippen molar-refractivity contribution in [1.82, 2.24) is 14.5 Å².